The highest BCUT2D eigenvalue weighted by molar-refractivity contribution is 8.00. The fraction of sp³-hybridized carbons (Fsp3) is 0.350. The molecule has 0 radical (unpaired) electrons. The lowest BCUT2D eigenvalue weighted by Crippen LogP contribution is -2.23. The van der Waals surface area contributed by atoms with Crippen LogP contribution in [0.1, 0.15) is 37.1 Å². The number of rotatable bonds is 4. The number of hydrogen-bond donors (Lipinski definition) is 1. The molecule has 3 rings (SSSR count). The molecular weight excluding hydrogens is 401 g/mol. The van der Waals surface area contributed by atoms with Crippen molar-refractivity contribution in [2.75, 3.05) is 5.32 Å². The number of pyridine rings is 1. The molecule has 4 nitrogen and oxygen atoms in total. The molecule has 0 spiro atoms. The Balaban J connectivity index is 1.77. The minimum Gasteiger partial charge on any atom is -0.324 e. The molecule has 0 saturated heterocycles. The maximum atomic E-state index is 12.6. The molecule has 0 fully saturated rings. The summed E-state index contributed by atoms with van der Waals surface area (Å²) in [6.45, 7) is 3.99. The fourth-order valence-electron chi connectivity index (χ4n) is 3.05. The van der Waals surface area contributed by atoms with E-state index in [4.69, 9.17) is 28.2 Å². The third-order valence-electron chi connectivity index (χ3n) is 4.59. The molecule has 1 aromatic carbocycles. The van der Waals surface area contributed by atoms with Crippen molar-refractivity contribution in [3.8, 4) is 6.07 Å². The summed E-state index contributed by atoms with van der Waals surface area (Å²) >= 11 is 13.4. The molecule has 1 heterocycles. The Hall–Kier alpha value is -1.74. The highest BCUT2D eigenvalue weighted by atomic mass is 35.5. The van der Waals surface area contributed by atoms with Gasteiger partial charge in [0.15, 0.2) is 0 Å². The minimum absolute atomic E-state index is 0.221. The van der Waals surface area contributed by atoms with Crippen molar-refractivity contribution in [1.29, 1.82) is 5.26 Å². The zero-order valence-electron chi connectivity index (χ0n) is 15.1. The zero-order chi connectivity index (χ0) is 19.6. The Bertz CT molecular complexity index is 926. The van der Waals surface area contributed by atoms with Gasteiger partial charge >= 0.3 is 0 Å². The van der Waals surface area contributed by atoms with Gasteiger partial charge in [-0.15, -0.1) is 0 Å². The number of benzene rings is 1. The van der Waals surface area contributed by atoms with Gasteiger partial charge in [0.05, 0.1) is 26.5 Å². The lowest BCUT2D eigenvalue weighted by Gasteiger charge is -2.22. The quantitative estimate of drug-likeness (QED) is 0.663. The zero-order valence-corrected chi connectivity index (χ0v) is 17.4. The summed E-state index contributed by atoms with van der Waals surface area (Å²) in [6.07, 6.45) is 2.96. The molecule has 0 aliphatic heterocycles. The van der Waals surface area contributed by atoms with Gasteiger partial charge < -0.3 is 5.32 Å². The molecule has 1 N–H and O–H groups in total. The van der Waals surface area contributed by atoms with Gasteiger partial charge in [-0.05, 0) is 55.9 Å². The van der Waals surface area contributed by atoms with Crippen molar-refractivity contribution in [2.24, 2.45) is 5.92 Å². The number of anilines is 1. The molecule has 1 amide bonds. The van der Waals surface area contributed by atoms with Crippen LogP contribution in [0.5, 0.6) is 0 Å². The summed E-state index contributed by atoms with van der Waals surface area (Å²) in [5, 5.41) is 13.1. The summed E-state index contributed by atoms with van der Waals surface area (Å²) in [6, 6.07) is 9.23. The highest BCUT2D eigenvalue weighted by Gasteiger charge is 2.23. The van der Waals surface area contributed by atoms with Crippen LogP contribution in [-0.4, -0.2) is 16.1 Å². The molecule has 1 aromatic heterocycles. The Morgan fingerprint density at radius 1 is 1.44 bits per heavy atom. The van der Waals surface area contributed by atoms with E-state index in [0.717, 1.165) is 30.5 Å². The second-order valence-electron chi connectivity index (χ2n) is 6.76. The summed E-state index contributed by atoms with van der Waals surface area (Å²) < 4.78 is 0. The molecule has 0 saturated carbocycles. The molecule has 0 bridgehead atoms. The van der Waals surface area contributed by atoms with Crippen molar-refractivity contribution >= 4 is 46.6 Å². The maximum Gasteiger partial charge on any atom is 0.237 e. The number of carbonyl (C=O) groups is 1. The van der Waals surface area contributed by atoms with E-state index in [0.29, 0.717) is 32.2 Å². The number of aromatic nitrogens is 1. The SMILES string of the molecule is CC1CCc2nc(SC(C)C(=O)Nc3cccc(Cl)c3Cl)c(C#N)cc2C1. The van der Waals surface area contributed by atoms with Crippen LogP contribution in [0, 0.1) is 17.2 Å². The van der Waals surface area contributed by atoms with E-state index in [1.54, 1.807) is 25.1 Å². The average molecular weight is 420 g/mol. The van der Waals surface area contributed by atoms with Gasteiger partial charge in [-0.3, -0.25) is 4.79 Å². The van der Waals surface area contributed by atoms with Crippen molar-refractivity contribution in [3.05, 3.63) is 51.1 Å². The number of fused-ring (bicyclic) bond motifs is 1. The smallest absolute Gasteiger partial charge is 0.237 e. The first-order valence-electron chi connectivity index (χ1n) is 8.73. The van der Waals surface area contributed by atoms with Crippen molar-refractivity contribution in [2.45, 2.75) is 43.4 Å². The van der Waals surface area contributed by atoms with E-state index in [1.165, 1.54) is 11.8 Å². The fourth-order valence-corrected chi connectivity index (χ4v) is 4.30. The van der Waals surface area contributed by atoms with Gasteiger partial charge in [0.25, 0.3) is 0 Å². The topological polar surface area (TPSA) is 65.8 Å². The van der Waals surface area contributed by atoms with Crippen LogP contribution < -0.4 is 5.32 Å². The van der Waals surface area contributed by atoms with Crippen LogP contribution in [-0.2, 0) is 17.6 Å². The number of carbonyl (C=O) groups excluding carboxylic acids is 1. The van der Waals surface area contributed by atoms with Crippen molar-refractivity contribution in [3.63, 3.8) is 0 Å². The number of amides is 1. The third-order valence-corrected chi connectivity index (χ3v) is 6.51. The first-order valence-corrected chi connectivity index (χ1v) is 10.4. The van der Waals surface area contributed by atoms with E-state index >= 15 is 0 Å². The van der Waals surface area contributed by atoms with Crippen LogP contribution in [0.3, 0.4) is 0 Å². The minimum atomic E-state index is -0.444. The van der Waals surface area contributed by atoms with Crippen LogP contribution in [0.25, 0.3) is 0 Å². The number of hydrogen-bond acceptors (Lipinski definition) is 4. The lowest BCUT2D eigenvalue weighted by atomic mass is 9.87. The molecule has 1 aliphatic carbocycles. The Labute approximate surface area is 173 Å². The van der Waals surface area contributed by atoms with Crippen LogP contribution in [0.2, 0.25) is 10.0 Å². The molecular formula is C20H19Cl2N3OS. The van der Waals surface area contributed by atoms with Gasteiger partial charge in [0, 0.05) is 5.69 Å². The van der Waals surface area contributed by atoms with E-state index in [1.807, 2.05) is 6.07 Å². The number of halogens is 2. The Kier molecular flexibility index (Phi) is 6.31. The van der Waals surface area contributed by atoms with E-state index in [2.05, 4.69) is 18.3 Å². The predicted octanol–water partition coefficient (Wildman–Crippen LogP) is 5.50. The van der Waals surface area contributed by atoms with Gasteiger partial charge in [-0.2, -0.15) is 5.26 Å². The second kappa shape index (κ2) is 8.52. The van der Waals surface area contributed by atoms with Gasteiger partial charge in [-0.1, -0.05) is 48.0 Å². The molecule has 2 unspecified atom stereocenters. The largest absolute Gasteiger partial charge is 0.324 e. The molecule has 2 atom stereocenters. The standard InChI is InChI=1S/C20H19Cl2N3OS/c1-11-6-7-16-13(8-11)9-14(10-23)20(25-16)27-12(2)19(26)24-17-5-3-4-15(21)18(17)22/h3-5,9,11-12H,6-8H2,1-2H3,(H,24,26). The van der Waals surface area contributed by atoms with E-state index in [9.17, 15) is 10.1 Å². The first-order chi connectivity index (χ1) is 12.9. The van der Waals surface area contributed by atoms with Crippen LogP contribution in [0.4, 0.5) is 5.69 Å². The maximum absolute atomic E-state index is 12.6. The van der Waals surface area contributed by atoms with Crippen LogP contribution >= 0.6 is 35.0 Å². The number of nitrogens with zero attached hydrogens (tertiary/aromatic N) is 2. The predicted molar refractivity (Wildman–Crippen MR) is 111 cm³/mol. The number of nitriles is 1. The van der Waals surface area contributed by atoms with Crippen LogP contribution in [0.15, 0.2) is 29.3 Å². The van der Waals surface area contributed by atoms with E-state index < -0.39 is 5.25 Å². The molecule has 27 heavy (non-hydrogen) atoms. The first kappa shape index (κ1) is 20.0. The van der Waals surface area contributed by atoms with Gasteiger partial charge in [0.1, 0.15) is 11.1 Å². The Morgan fingerprint density at radius 2 is 2.22 bits per heavy atom. The van der Waals surface area contributed by atoms with Crippen molar-refractivity contribution < 1.29 is 4.79 Å². The third kappa shape index (κ3) is 4.57. The van der Waals surface area contributed by atoms with E-state index in [-0.39, 0.29) is 5.91 Å². The normalized spacial score (nSPS) is 16.9. The average Bonchev–Trinajstić information content (AvgIpc) is 2.65. The second-order valence-corrected chi connectivity index (χ2v) is 8.87. The highest BCUT2D eigenvalue weighted by Crippen LogP contribution is 2.33. The molecule has 2 aromatic rings. The van der Waals surface area contributed by atoms with Gasteiger partial charge in [0.2, 0.25) is 5.91 Å². The van der Waals surface area contributed by atoms with Gasteiger partial charge in [-0.25, -0.2) is 4.98 Å². The lowest BCUT2D eigenvalue weighted by molar-refractivity contribution is -0.115. The monoisotopic (exact) mass is 419 g/mol. The molecule has 1 aliphatic rings. The summed E-state index contributed by atoms with van der Waals surface area (Å²) in [7, 11) is 0. The molecule has 140 valence electrons. The summed E-state index contributed by atoms with van der Waals surface area (Å²) in [5.41, 5.74) is 3.18. The number of nitrogens with one attached hydrogen (secondary N) is 1. The summed E-state index contributed by atoms with van der Waals surface area (Å²) in [4.78, 5) is 17.3. The van der Waals surface area contributed by atoms with Crippen molar-refractivity contribution in [1.82, 2.24) is 4.98 Å². The molecule has 7 heteroatoms. The number of aryl methyl sites for hydroxylation is 1. The number of thioether (sulfide) groups is 1. The Morgan fingerprint density at radius 3 is 2.96 bits per heavy atom. The summed E-state index contributed by atoms with van der Waals surface area (Å²) in [5.74, 6) is 0.387.